The minimum Gasteiger partial charge on any atom is -1.00 e. The third-order valence-corrected chi connectivity index (χ3v) is 16.8. The van der Waals surface area contributed by atoms with Crippen molar-refractivity contribution in [2.24, 2.45) is 0 Å². The van der Waals surface area contributed by atoms with Gasteiger partial charge in [0.15, 0.2) is 0 Å². The Morgan fingerprint density at radius 2 is 1.08 bits per heavy atom. The molecule has 0 nitrogen and oxygen atoms in total. The van der Waals surface area contributed by atoms with Crippen molar-refractivity contribution in [2.75, 3.05) is 0 Å². The van der Waals surface area contributed by atoms with Crippen LogP contribution in [0.1, 0.15) is 12.8 Å². The first-order valence-corrected chi connectivity index (χ1v) is 20.2. The summed E-state index contributed by atoms with van der Waals surface area (Å²) in [5.74, 6) is 0. The summed E-state index contributed by atoms with van der Waals surface area (Å²) < 4.78 is 3.86. The quantitative estimate of drug-likeness (QED) is 0.513. The standard InChI is InChI=1S/C18H30Si3.2ClH.Ti/c1-19(2,3)15-11-9-13-17(15)21(7,8)18-14-10-12-16(18)20(4,5)6;;;/h11-12H,9-10H2,1-8H3;2*1H;/q;;;+2/p-2. The van der Waals surface area contributed by atoms with Gasteiger partial charge in [-0.05, 0) is 0 Å². The fraction of sp³-hybridized carbons (Fsp3) is 0.556. The Morgan fingerprint density at radius 1 is 0.750 bits per heavy atom. The van der Waals surface area contributed by atoms with Gasteiger partial charge in [-0.2, -0.15) is 0 Å². The first-order valence-electron chi connectivity index (χ1n) is 8.60. The smallest absolute Gasteiger partial charge is 1.00 e. The predicted molar refractivity (Wildman–Crippen MR) is 104 cm³/mol. The summed E-state index contributed by atoms with van der Waals surface area (Å²) in [4.78, 5) is 0. The molecule has 0 unspecified atom stereocenters. The van der Waals surface area contributed by atoms with Crippen molar-refractivity contribution >= 4 is 24.2 Å². The van der Waals surface area contributed by atoms with Gasteiger partial charge in [-0.1, -0.05) is 0 Å². The second-order valence-corrected chi connectivity index (χ2v) is 26.2. The molecule has 1 heterocycles. The van der Waals surface area contributed by atoms with Crippen LogP contribution >= 0.6 is 0 Å². The van der Waals surface area contributed by atoms with Crippen molar-refractivity contribution < 1.29 is 44.0 Å². The molecule has 1 aliphatic heterocycles. The van der Waals surface area contributed by atoms with E-state index < -0.39 is 24.2 Å². The summed E-state index contributed by atoms with van der Waals surface area (Å²) in [5, 5.41) is 7.57. The van der Waals surface area contributed by atoms with E-state index in [1.807, 2.05) is 28.5 Å². The zero-order chi connectivity index (χ0) is 16.5. The molecule has 0 atom stereocenters. The second-order valence-electron chi connectivity index (χ2n) is 9.60. The van der Waals surface area contributed by atoms with Crippen LogP contribution in [0.4, 0.5) is 0 Å². The maximum Gasteiger partial charge on any atom is -1.00 e. The Labute approximate surface area is 173 Å². The van der Waals surface area contributed by atoms with Gasteiger partial charge in [0, 0.05) is 0 Å². The normalized spacial score (nSPS) is 21.7. The van der Waals surface area contributed by atoms with Crippen LogP contribution in [0.3, 0.4) is 0 Å². The van der Waals surface area contributed by atoms with Crippen molar-refractivity contribution in [1.29, 1.82) is 0 Å². The molecule has 0 bridgehead atoms. The van der Waals surface area contributed by atoms with E-state index in [1.54, 1.807) is 0 Å². The summed E-state index contributed by atoms with van der Waals surface area (Å²) in [6, 6.07) is 0. The molecule has 0 amide bonds. The van der Waals surface area contributed by atoms with E-state index in [9.17, 15) is 0 Å². The monoisotopic (exact) mass is 448 g/mol. The average Bonchev–Trinajstić information content (AvgIpc) is 2.91. The summed E-state index contributed by atoms with van der Waals surface area (Å²) in [6.45, 7) is 20.6. The number of rotatable bonds is 2. The Bertz CT molecular complexity index is 615. The topological polar surface area (TPSA) is 0 Å². The molecular weight excluding hydrogens is 419 g/mol. The van der Waals surface area contributed by atoms with Gasteiger partial charge in [0.25, 0.3) is 0 Å². The van der Waals surface area contributed by atoms with E-state index in [2.05, 4.69) is 64.5 Å². The van der Waals surface area contributed by atoms with Crippen LogP contribution in [0.15, 0.2) is 40.7 Å². The third kappa shape index (κ3) is 3.65. The van der Waals surface area contributed by atoms with Gasteiger partial charge < -0.3 is 24.8 Å². The SMILES string of the molecule is C[Si](C)(C)C1=CC[C]2=C1[Si](C)(C)C1=[C](CC=C1[Si](C)(C)C)[Ti+2]2.[Cl-].[Cl-]. The van der Waals surface area contributed by atoms with Crippen molar-refractivity contribution in [2.45, 2.75) is 65.2 Å². The molecule has 24 heavy (non-hydrogen) atoms. The number of hydrogen-bond donors (Lipinski definition) is 0. The summed E-state index contributed by atoms with van der Waals surface area (Å²) >= 11 is -0.00405. The predicted octanol–water partition coefficient (Wildman–Crippen LogP) is -0.199. The minimum absolute atomic E-state index is 0. The Balaban J connectivity index is 0.00000144. The molecule has 0 aromatic rings. The molecular formula is C18H30Cl2Si3Ti. The molecule has 0 saturated carbocycles. The van der Waals surface area contributed by atoms with E-state index in [0.29, 0.717) is 0 Å². The molecule has 0 aromatic heterocycles. The number of allylic oxidation sites excluding steroid dienone is 8. The molecule has 0 spiro atoms. The van der Waals surface area contributed by atoms with Crippen LogP contribution in [0.5, 0.6) is 0 Å². The molecule has 0 N–H and O–H groups in total. The molecule has 6 heteroatoms. The Kier molecular flexibility index (Phi) is 6.83. The van der Waals surface area contributed by atoms with Gasteiger partial charge in [-0.25, -0.2) is 0 Å². The average molecular weight is 449 g/mol. The molecule has 132 valence electrons. The van der Waals surface area contributed by atoms with Crippen LogP contribution < -0.4 is 24.8 Å². The van der Waals surface area contributed by atoms with Crippen LogP contribution in [0, 0.1) is 0 Å². The van der Waals surface area contributed by atoms with E-state index >= 15 is 0 Å². The largest absolute Gasteiger partial charge is 1.00 e. The molecule has 2 aliphatic carbocycles. The zero-order valence-electron chi connectivity index (χ0n) is 16.3. The molecule has 0 aromatic carbocycles. The molecule has 3 aliphatic rings. The molecule has 0 fully saturated rings. The molecule has 3 rings (SSSR count). The maximum absolute atomic E-state index is 2.67. The van der Waals surface area contributed by atoms with Gasteiger partial charge >= 0.3 is 149 Å². The number of halogens is 2. The van der Waals surface area contributed by atoms with Gasteiger partial charge in [0.05, 0.1) is 0 Å². The van der Waals surface area contributed by atoms with Crippen LogP contribution in [-0.2, 0) is 19.2 Å². The summed E-state index contributed by atoms with van der Waals surface area (Å²) in [5.41, 5.74) is 0. The maximum atomic E-state index is 2.67. The first-order chi connectivity index (χ1) is 9.94. The van der Waals surface area contributed by atoms with Crippen molar-refractivity contribution in [3.05, 3.63) is 40.7 Å². The van der Waals surface area contributed by atoms with E-state index in [-0.39, 0.29) is 44.0 Å². The van der Waals surface area contributed by atoms with Gasteiger partial charge in [0.1, 0.15) is 0 Å². The third-order valence-electron chi connectivity index (χ3n) is 5.33. The molecule has 0 saturated heterocycles. The first kappa shape index (κ1) is 22.9. The fourth-order valence-electron chi connectivity index (χ4n) is 4.47. The Hall–Kier alpha value is 0.905. The van der Waals surface area contributed by atoms with Crippen molar-refractivity contribution in [3.63, 3.8) is 0 Å². The summed E-state index contributed by atoms with van der Waals surface area (Å²) in [6.07, 6.45) is 7.92. The van der Waals surface area contributed by atoms with E-state index in [1.165, 1.54) is 12.8 Å². The second kappa shape index (κ2) is 7.14. The van der Waals surface area contributed by atoms with Crippen LogP contribution in [-0.4, -0.2) is 24.2 Å². The number of hydrogen-bond acceptors (Lipinski definition) is 0. The van der Waals surface area contributed by atoms with Crippen LogP contribution in [0.25, 0.3) is 0 Å². The zero-order valence-corrected chi connectivity index (χ0v) is 22.4. The summed E-state index contributed by atoms with van der Waals surface area (Å²) in [7, 11) is -3.88. The van der Waals surface area contributed by atoms with E-state index in [0.717, 1.165) is 0 Å². The minimum atomic E-state index is -1.47. The van der Waals surface area contributed by atoms with Crippen LogP contribution in [0.2, 0.25) is 52.4 Å². The van der Waals surface area contributed by atoms with Gasteiger partial charge in [-0.3, -0.25) is 0 Å². The van der Waals surface area contributed by atoms with Crippen molar-refractivity contribution in [1.82, 2.24) is 0 Å². The fourth-order valence-corrected chi connectivity index (χ4v) is 21.2. The van der Waals surface area contributed by atoms with E-state index in [4.69, 9.17) is 0 Å². The Morgan fingerprint density at radius 3 is 1.38 bits per heavy atom. The molecule has 0 radical (unpaired) electrons. The van der Waals surface area contributed by atoms with Gasteiger partial charge in [-0.15, -0.1) is 0 Å². The van der Waals surface area contributed by atoms with Crippen molar-refractivity contribution in [3.8, 4) is 0 Å². The van der Waals surface area contributed by atoms with Gasteiger partial charge in [0.2, 0.25) is 0 Å².